The minimum Gasteiger partial charge on any atom is -0.493 e. The van der Waals surface area contributed by atoms with Crippen molar-refractivity contribution in [3.05, 3.63) is 94.9 Å². The second kappa shape index (κ2) is 10.6. The zero-order valence-corrected chi connectivity index (χ0v) is 20.5. The highest BCUT2D eigenvalue weighted by Crippen LogP contribution is 2.39. The van der Waals surface area contributed by atoms with Crippen molar-refractivity contribution in [2.45, 2.75) is 31.9 Å². The predicted octanol–water partition coefficient (Wildman–Crippen LogP) is 4.88. The summed E-state index contributed by atoms with van der Waals surface area (Å²) in [6.45, 7) is 2.48. The molecule has 0 bridgehead atoms. The fraction of sp³-hybridized carbons (Fsp3) is 0.276. The SMILES string of the molecule is Cc1ccc2[nH]c3c(c2c1)CCN(C(=O)Oc1ccc(F)cc1)C3c1ccc(OCC[C@H](O)CO)cc1. The minimum absolute atomic E-state index is 0.270. The number of aliphatic hydroxyl groups is 2. The van der Waals surface area contributed by atoms with Crippen molar-refractivity contribution < 1.29 is 28.9 Å². The third kappa shape index (κ3) is 5.30. The number of aromatic nitrogens is 1. The maximum absolute atomic E-state index is 13.3. The average molecular weight is 505 g/mol. The third-order valence-electron chi connectivity index (χ3n) is 6.66. The van der Waals surface area contributed by atoms with Crippen LogP contribution in [0.5, 0.6) is 11.5 Å². The fourth-order valence-electron chi connectivity index (χ4n) is 4.76. The van der Waals surface area contributed by atoms with Crippen molar-refractivity contribution in [2.24, 2.45) is 0 Å². The van der Waals surface area contributed by atoms with Gasteiger partial charge in [0.2, 0.25) is 0 Å². The minimum atomic E-state index is -0.814. The van der Waals surface area contributed by atoms with Gasteiger partial charge in [0.25, 0.3) is 0 Å². The molecule has 0 spiro atoms. The number of hydrogen-bond acceptors (Lipinski definition) is 5. The van der Waals surface area contributed by atoms with E-state index >= 15 is 0 Å². The first-order chi connectivity index (χ1) is 17.9. The van der Waals surface area contributed by atoms with Crippen LogP contribution in [0.4, 0.5) is 9.18 Å². The molecule has 0 saturated carbocycles. The molecule has 3 aromatic carbocycles. The molecule has 7 nitrogen and oxygen atoms in total. The third-order valence-corrected chi connectivity index (χ3v) is 6.66. The molecular formula is C29H29FN2O5. The number of H-pyrrole nitrogens is 1. The lowest BCUT2D eigenvalue weighted by molar-refractivity contribution is 0.0754. The molecule has 1 aliphatic heterocycles. The van der Waals surface area contributed by atoms with E-state index in [-0.39, 0.29) is 19.0 Å². The van der Waals surface area contributed by atoms with Crippen molar-refractivity contribution in [3.8, 4) is 11.5 Å². The number of aryl methyl sites for hydroxylation is 1. The molecule has 8 heteroatoms. The molecule has 0 fully saturated rings. The molecule has 0 radical (unpaired) electrons. The number of fused-ring (bicyclic) bond motifs is 3. The first kappa shape index (κ1) is 24.8. The van der Waals surface area contributed by atoms with E-state index in [9.17, 15) is 14.3 Å². The molecule has 5 rings (SSSR count). The molecule has 1 aromatic heterocycles. The number of rotatable bonds is 7. The molecule has 2 heterocycles. The normalized spacial score (nSPS) is 15.9. The quantitative estimate of drug-likeness (QED) is 0.333. The van der Waals surface area contributed by atoms with Crippen molar-refractivity contribution >= 4 is 17.0 Å². The highest BCUT2D eigenvalue weighted by atomic mass is 19.1. The maximum atomic E-state index is 13.3. The Labute approximate surface area is 214 Å². The first-order valence-electron chi connectivity index (χ1n) is 12.3. The van der Waals surface area contributed by atoms with Crippen LogP contribution in [0.1, 0.15) is 34.8 Å². The number of ether oxygens (including phenoxy) is 2. The summed E-state index contributed by atoms with van der Waals surface area (Å²) in [5.41, 5.74) is 5.16. The Bertz CT molecular complexity index is 1380. The number of halogens is 1. The molecule has 1 unspecified atom stereocenters. The van der Waals surface area contributed by atoms with Crippen molar-refractivity contribution in [3.63, 3.8) is 0 Å². The smallest absolute Gasteiger partial charge is 0.416 e. The van der Waals surface area contributed by atoms with Gasteiger partial charge >= 0.3 is 6.09 Å². The molecule has 192 valence electrons. The summed E-state index contributed by atoms with van der Waals surface area (Å²) in [6.07, 6.45) is -0.342. The number of aliphatic hydroxyl groups excluding tert-OH is 2. The topological polar surface area (TPSA) is 95.0 Å². The van der Waals surface area contributed by atoms with Gasteiger partial charge in [-0.25, -0.2) is 9.18 Å². The van der Waals surface area contributed by atoms with Gasteiger partial charge in [-0.2, -0.15) is 0 Å². The molecular weight excluding hydrogens is 475 g/mol. The van der Waals surface area contributed by atoms with E-state index < -0.39 is 24.1 Å². The van der Waals surface area contributed by atoms with Gasteiger partial charge in [-0.05, 0) is 73.0 Å². The molecule has 1 amide bonds. The van der Waals surface area contributed by atoms with Crippen LogP contribution < -0.4 is 9.47 Å². The van der Waals surface area contributed by atoms with E-state index in [1.54, 1.807) is 4.90 Å². The van der Waals surface area contributed by atoms with Gasteiger partial charge in [-0.3, -0.25) is 4.90 Å². The van der Waals surface area contributed by atoms with E-state index in [0.717, 1.165) is 27.7 Å². The Kier molecular flexibility index (Phi) is 7.12. The highest BCUT2D eigenvalue weighted by molar-refractivity contribution is 5.87. The van der Waals surface area contributed by atoms with Crippen molar-refractivity contribution in [1.82, 2.24) is 9.88 Å². The number of amides is 1. The number of carbonyl (C=O) groups is 1. The number of nitrogens with one attached hydrogen (secondary N) is 1. The van der Waals surface area contributed by atoms with Gasteiger partial charge in [0.1, 0.15) is 23.4 Å². The number of nitrogens with zero attached hydrogens (tertiary/aromatic N) is 1. The maximum Gasteiger partial charge on any atom is 0.416 e. The van der Waals surface area contributed by atoms with Gasteiger partial charge in [0.15, 0.2) is 0 Å². The Morgan fingerprint density at radius 1 is 1.11 bits per heavy atom. The Morgan fingerprint density at radius 2 is 1.84 bits per heavy atom. The molecule has 0 saturated heterocycles. The van der Waals surface area contributed by atoms with Crippen LogP contribution in [0.3, 0.4) is 0 Å². The molecule has 1 aliphatic rings. The van der Waals surface area contributed by atoms with Gasteiger partial charge in [-0.1, -0.05) is 23.8 Å². The molecule has 4 aromatic rings. The largest absolute Gasteiger partial charge is 0.493 e. The summed E-state index contributed by atoms with van der Waals surface area (Å²) in [6, 6.07) is 18.7. The predicted molar refractivity (Wildman–Crippen MR) is 137 cm³/mol. The Hall–Kier alpha value is -3.88. The standard InChI is InChI=1S/C29H29FN2O5/c1-18-2-11-26-25(16-18)24-12-14-32(29(35)37-23-9-5-20(30)6-10-23)28(27(24)31-26)19-3-7-22(8-4-19)36-15-13-21(34)17-33/h2-11,16,21,28,31,33-34H,12-15,17H2,1H3/t21-,28?/m0/s1. The summed E-state index contributed by atoms with van der Waals surface area (Å²) in [5.74, 6) is 0.497. The number of aromatic amines is 1. The zero-order valence-electron chi connectivity index (χ0n) is 20.5. The average Bonchev–Trinajstić information content (AvgIpc) is 3.27. The second-order valence-corrected chi connectivity index (χ2v) is 9.28. The molecule has 2 atom stereocenters. The van der Waals surface area contributed by atoms with E-state index in [1.165, 1.54) is 29.8 Å². The van der Waals surface area contributed by atoms with Gasteiger partial charge in [0.05, 0.1) is 19.3 Å². The van der Waals surface area contributed by atoms with Crippen LogP contribution in [0.25, 0.3) is 10.9 Å². The van der Waals surface area contributed by atoms with E-state index in [0.29, 0.717) is 25.1 Å². The van der Waals surface area contributed by atoms with E-state index in [2.05, 4.69) is 30.1 Å². The summed E-state index contributed by atoms with van der Waals surface area (Å²) in [4.78, 5) is 18.6. The van der Waals surface area contributed by atoms with Crippen LogP contribution in [-0.2, 0) is 6.42 Å². The zero-order chi connectivity index (χ0) is 25.9. The van der Waals surface area contributed by atoms with Crippen LogP contribution in [0.2, 0.25) is 0 Å². The monoisotopic (exact) mass is 504 g/mol. The lowest BCUT2D eigenvalue weighted by Crippen LogP contribution is -2.42. The summed E-state index contributed by atoms with van der Waals surface area (Å²) >= 11 is 0. The lowest BCUT2D eigenvalue weighted by atomic mass is 9.92. The van der Waals surface area contributed by atoms with Crippen LogP contribution in [0, 0.1) is 12.7 Å². The molecule has 0 aliphatic carbocycles. The lowest BCUT2D eigenvalue weighted by Gasteiger charge is -2.35. The van der Waals surface area contributed by atoms with Crippen LogP contribution >= 0.6 is 0 Å². The van der Waals surface area contributed by atoms with E-state index in [4.69, 9.17) is 14.6 Å². The first-order valence-corrected chi connectivity index (χ1v) is 12.3. The van der Waals surface area contributed by atoms with Gasteiger partial charge in [-0.15, -0.1) is 0 Å². The van der Waals surface area contributed by atoms with Crippen molar-refractivity contribution in [1.29, 1.82) is 0 Å². The fourth-order valence-corrected chi connectivity index (χ4v) is 4.76. The number of benzene rings is 3. The Morgan fingerprint density at radius 3 is 2.57 bits per heavy atom. The highest BCUT2D eigenvalue weighted by Gasteiger charge is 2.35. The summed E-state index contributed by atoms with van der Waals surface area (Å²) < 4.78 is 24.7. The molecule has 37 heavy (non-hydrogen) atoms. The summed E-state index contributed by atoms with van der Waals surface area (Å²) in [7, 11) is 0. The van der Waals surface area contributed by atoms with Crippen LogP contribution in [0.15, 0.2) is 66.7 Å². The Balaban J connectivity index is 1.46. The second-order valence-electron chi connectivity index (χ2n) is 9.28. The number of carbonyl (C=O) groups excluding carboxylic acids is 1. The number of hydrogen-bond donors (Lipinski definition) is 3. The van der Waals surface area contributed by atoms with Gasteiger partial charge < -0.3 is 24.7 Å². The van der Waals surface area contributed by atoms with E-state index in [1.807, 2.05) is 24.3 Å². The van der Waals surface area contributed by atoms with Gasteiger partial charge in [0, 0.05) is 29.6 Å². The molecule has 3 N–H and O–H groups in total. The van der Waals surface area contributed by atoms with Crippen molar-refractivity contribution in [2.75, 3.05) is 19.8 Å². The summed E-state index contributed by atoms with van der Waals surface area (Å²) in [5, 5.41) is 19.6. The van der Waals surface area contributed by atoms with Crippen LogP contribution in [-0.4, -0.2) is 52.1 Å².